The highest BCUT2D eigenvalue weighted by Crippen LogP contribution is 2.16. The second-order valence-electron chi connectivity index (χ2n) is 8.23. The van der Waals surface area contributed by atoms with E-state index in [4.69, 9.17) is 0 Å². The largest absolute Gasteiger partial charge is 0.376 e. The number of carbonyl (C=O) groups is 3. The summed E-state index contributed by atoms with van der Waals surface area (Å²) in [6.07, 6.45) is 1.10. The third kappa shape index (κ3) is 8.09. The van der Waals surface area contributed by atoms with Crippen molar-refractivity contribution in [1.82, 2.24) is 0 Å². The number of nitrogens with one attached hydrogen (secondary N) is 4. The van der Waals surface area contributed by atoms with Gasteiger partial charge < -0.3 is 21.3 Å². The topological polar surface area (TPSA) is 99.3 Å². The zero-order chi connectivity index (χ0) is 24.3. The quantitative estimate of drug-likeness (QED) is 0.347. The average Bonchev–Trinajstić information content (AvgIpc) is 2.84. The molecule has 3 aromatic rings. The molecule has 0 spiro atoms. The number of hydrogen-bond acceptors (Lipinski definition) is 4. The second-order valence-corrected chi connectivity index (χ2v) is 8.23. The zero-order valence-electron chi connectivity index (χ0n) is 19.4. The maximum absolute atomic E-state index is 12.2. The average molecular weight is 459 g/mol. The van der Waals surface area contributed by atoms with Crippen LogP contribution in [0.2, 0.25) is 0 Å². The van der Waals surface area contributed by atoms with Gasteiger partial charge in [0.1, 0.15) is 0 Å². The lowest BCUT2D eigenvalue weighted by molar-refractivity contribution is -0.119. The first-order chi connectivity index (χ1) is 16.4. The summed E-state index contributed by atoms with van der Waals surface area (Å²) in [7, 11) is 0. The minimum atomic E-state index is -0.197. The van der Waals surface area contributed by atoms with E-state index in [-0.39, 0.29) is 30.2 Å². The fourth-order valence-corrected chi connectivity index (χ4v) is 3.11. The number of carbonyl (C=O) groups excluding carboxylic acids is 3. The van der Waals surface area contributed by atoms with Gasteiger partial charge in [-0.25, -0.2) is 0 Å². The van der Waals surface area contributed by atoms with Crippen LogP contribution >= 0.6 is 0 Å². The summed E-state index contributed by atoms with van der Waals surface area (Å²) in [6.45, 7) is 3.75. The molecule has 0 unspecified atom stereocenters. The van der Waals surface area contributed by atoms with Crippen molar-refractivity contribution < 1.29 is 14.4 Å². The Balaban J connectivity index is 1.40. The van der Waals surface area contributed by atoms with Crippen molar-refractivity contribution in [2.75, 3.05) is 27.8 Å². The normalized spacial score (nSPS) is 10.4. The highest BCUT2D eigenvalue weighted by atomic mass is 16.2. The predicted octanol–water partition coefficient (Wildman–Crippen LogP) is 4.90. The first-order valence-electron chi connectivity index (χ1n) is 11.3. The summed E-state index contributed by atoms with van der Waals surface area (Å²) in [5, 5.41) is 11.6. The van der Waals surface area contributed by atoms with Gasteiger partial charge >= 0.3 is 0 Å². The lowest BCUT2D eigenvalue weighted by atomic mass is 10.1. The van der Waals surface area contributed by atoms with Crippen LogP contribution in [0, 0.1) is 5.92 Å². The van der Waals surface area contributed by atoms with Crippen LogP contribution in [0.5, 0.6) is 0 Å². The smallest absolute Gasteiger partial charge is 0.243 e. The van der Waals surface area contributed by atoms with Crippen molar-refractivity contribution >= 4 is 40.5 Å². The van der Waals surface area contributed by atoms with Crippen molar-refractivity contribution in [3.63, 3.8) is 0 Å². The molecule has 0 fully saturated rings. The fourth-order valence-electron chi connectivity index (χ4n) is 3.11. The lowest BCUT2D eigenvalue weighted by Crippen LogP contribution is -2.22. The Morgan fingerprint density at radius 3 is 1.71 bits per heavy atom. The van der Waals surface area contributed by atoms with E-state index >= 15 is 0 Å². The van der Waals surface area contributed by atoms with E-state index in [1.54, 1.807) is 36.4 Å². The summed E-state index contributed by atoms with van der Waals surface area (Å²) < 4.78 is 0. The Labute approximate surface area is 200 Å². The van der Waals surface area contributed by atoms with E-state index in [1.807, 2.05) is 56.3 Å². The van der Waals surface area contributed by atoms with Crippen molar-refractivity contribution in [2.24, 2.45) is 5.92 Å². The summed E-state index contributed by atoms with van der Waals surface area (Å²) in [5.74, 6) is -0.398. The third-order valence-electron chi connectivity index (χ3n) is 5.07. The third-order valence-corrected chi connectivity index (χ3v) is 5.07. The molecule has 4 N–H and O–H groups in total. The molecule has 0 atom stereocenters. The molecule has 176 valence electrons. The van der Waals surface area contributed by atoms with Gasteiger partial charge in [-0.15, -0.1) is 0 Å². The van der Waals surface area contributed by atoms with Crippen LogP contribution in [-0.2, 0) is 20.8 Å². The molecule has 0 saturated carbocycles. The molecule has 0 aliphatic rings. The summed E-state index contributed by atoms with van der Waals surface area (Å²) in [5.41, 5.74) is 3.93. The van der Waals surface area contributed by atoms with Crippen LogP contribution in [0.15, 0.2) is 78.9 Å². The minimum Gasteiger partial charge on any atom is -0.376 e. The molecule has 34 heavy (non-hydrogen) atoms. The molecule has 7 nitrogen and oxygen atoms in total. The monoisotopic (exact) mass is 458 g/mol. The number of benzene rings is 3. The summed E-state index contributed by atoms with van der Waals surface area (Å²) >= 11 is 0. The van der Waals surface area contributed by atoms with Crippen LogP contribution in [-0.4, -0.2) is 24.3 Å². The molecule has 3 amide bonds. The Kier molecular flexibility index (Phi) is 8.80. The van der Waals surface area contributed by atoms with Crippen molar-refractivity contribution in [3.05, 3.63) is 84.4 Å². The number of hydrogen-bond donors (Lipinski definition) is 4. The number of rotatable bonds is 10. The van der Waals surface area contributed by atoms with Crippen LogP contribution in [0.3, 0.4) is 0 Å². The molecule has 3 rings (SSSR count). The Hall–Kier alpha value is -4.13. The lowest BCUT2D eigenvalue weighted by Gasteiger charge is -2.11. The van der Waals surface area contributed by atoms with Gasteiger partial charge in [0.2, 0.25) is 17.7 Å². The molecule has 0 radical (unpaired) electrons. The SMILES string of the molecule is CC(C)C(=O)Nc1ccc(NC(=O)CNc2ccc(NC(=O)CCc3ccccc3)cc2)cc1. The van der Waals surface area contributed by atoms with Gasteiger partial charge in [0, 0.05) is 35.1 Å². The van der Waals surface area contributed by atoms with Crippen LogP contribution in [0.25, 0.3) is 0 Å². The molecule has 0 bridgehead atoms. The summed E-state index contributed by atoms with van der Waals surface area (Å²) in [4.78, 5) is 36.1. The maximum Gasteiger partial charge on any atom is 0.243 e. The highest BCUT2D eigenvalue weighted by molar-refractivity contribution is 5.95. The van der Waals surface area contributed by atoms with Crippen LogP contribution in [0.1, 0.15) is 25.8 Å². The molecular weight excluding hydrogens is 428 g/mol. The summed E-state index contributed by atoms with van der Waals surface area (Å²) in [6, 6.07) is 24.1. The van der Waals surface area contributed by atoms with E-state index in [9.17, 15) is 14.4 Å². The Bertz CT molecular complexity index is 1090. The predicted molar refractivity (Wildman–Crippen MR) is 137 cm³/mol. The first-order valence-corrected chi connectivity index (χ1v) is 11.3. The van der Waals surface area contributed by atoms with Crippen LogP contribution < -0.4 is 21.3 Å². The van der Waals surface area contributed by atoms with Crippen molar-refractivity contribution in [3.8, 4) is 0 Å². The van der Waals surface area contributed by atoms with Gasteiger partial charge in [0.05, 0.1) is 6.54 Å². The standard InChI is InChI=1S/C27H30N4O3/c1-19(2)27(34)31-24-15-13-23(14-16-24)30-26(33)18-28-21-9-11-22(12-10-21)29-25(32)17-8-20-6-4-3-5-7-20/h3-7,9-16,19,28H,8,17-18H2,1-2H3,(H,29,32)(H,30,33)(H,31,34). The Morgan fingerprint density at radius 2 is 1.15 bits per heavy atom. The Morgan fingerprint density at radius 1 is 0.647 bits per heavy atom. The van der Waals surface area contributed by atoms with Gasteiger partial charge in [-0.05, 0) is 60.5 Å². The molecule has 3 aromatic carbocycles. The molecule has 7 heteroatoms. The van der Waals surface area contributed by atoms with Gasteiger partial charge in [0.15, 0.2) is 0 Å². The molecule has 0 aromatic heterocycles. The van der Waals surface area contributed by atoms with E-state index < -0.39 is 0 Å². The number of anilines is 4. The molecule has 0 aliphatic heterocycles. The first kappa shape index (κ1) is 24.5. The number of amides is 3. The minimum absolute atomic E-state index is 0.0428. The fraction of sp³-hybridized carbons (Fsp3) is 0.222. The van der Waals surface area contributed by atoms with E-state index in [0.29, 0.717) is 29.9 Å². The van der Waals surface area contributed by atoms with Crippen molar-refractivity contribution in [2.45, 2.75) is 26.7 Å². The molecule has 0 saturated heterocycles. The number of aryl methyl sites for hydroxylation is 1. The zero-order valence-corrected chi connectivity index (χ0v) is 19.4. The van der Waals surface area contributed by atoms with E-state index in [2.05, 4.69) is 21.3 Å². The highest BCUT2D eigenvalue weighted by Gasteiger charge is 2.08. The maximum atomic E-state index is 12.2. The van der Waals surface area contributed by atoms with Gasteiger partial charge in [-0.2, -0.15) is 0 Å². The molecule has 0 aliphatic carbocycles. The van der Waals surface area contributed by atoms with Gasteiger partial charge in [-0.3, -0.25) is 14.4 Å². The van der Waals surface area contributed by atoms with Gasteiger partial charge in [0.25, 0.3) is 0 Å². The van der Waals surface area contributed by atoms with Crippen molar-refractivity contribution in [1.29, 1.82) is 0 Å². The van der Waals surface area contributed by atoms with E-state index in [0.717, 1.165) is 11.3 Å². The van der Waals surface area contributed by atoms with Gasteiger partial charge in [-0.1, -0.05) is 44.2 Å². The van der Waals surface area contributed by atoms with Crippen LogP contribution in [0.4, 0.5) is 22.7 Å². The van der Waals surface area contributed by atoms with E-state index in [1.165, 1.54) is 0 Å². The molecule has 0 heterocycles. The molecular formula is C27H30N4O3. The second kappa shape index (κ2) is 12.2.